The molecule has 7 nitrogen and oxygen atoms in total. The van der Waals surface area contributed by atoms with E-state index in [1.807, 2.05) is 66.4 Å². The molecule has 1 unspecified atom stereocenters. The molecular weight excluding hydrogens is 426 g/mol. The molecule has 168 valence electrons. The second kappa shape index (κ2) is 7.95. The summed E-state index contributed by atoms with van der Waals surface area (Å²) in [6.07, 6.45) is 1.81. The van der Waals surface area contributed by atoms with Crippen LogP contribution >= 0.6 is 0 Å². The normalized spacial score (nSPS) is 15.9. The molecule has 1 fully saturated rings. The number of likely N-dealkylation sites (tertiary alicyclic amines) is 1. The molecule has 1 atom stereocenters. The van der Waals surface area contributed by atoms with E-state index in [9.17, 15) is 9.59 Å². The zero-order chi connectivity index (χ0) is 23.2. The molecule has 1 saturated heterocycles. The number of imidazole rings is 1. The van der Waals surface area contributed by atoms with E-state index >= 15 is 0 Å². The second-order valence-corrected chi connectivity index (χ2v) is 8.66. The van der Waals surface area contributed by atoms with E-state index in [0.29, 0.717) is 34.5 Å². The van der Waals surface area contributed by atoms with Gasteiger partial charge < -0.3 is 9.88 Å². The van der Waals surface area contributed by atoms with Gasteiger partial charge in [0.25, 0.3) is 11.5 Å². The highest BCUT2D eigenvalue weighted by Gasteiger charge is 2.32. The molecule has 2 aromatic heterocycles. The van der Waals surface area contributed by atoms with Gasteiger partial charge in [0.15, 0.2) is 0 Å². The van der Waals surface area contributed by atoms with Crippen molar-refractivity contribution in [3.63, 3.8) is 0 Å². The van der Waals surface area contributed by atoms with Crippen molar-refractivity contribution in [2.75, 3.05) is 6.54 Å². The fourth-order valence-corrected chi connectivity index (χ4v) is 4.89. The largest absolute Gasteiger partial charge is 0.340 e. The number of fused-ring (bicyclic) bond motifs is 2. The highest BCUT2D eigenvalue weighted by molar-refractivity contribution is 5.95. The van der Waals surface area contributed by atoms with Crippen LogP contribution in [0, 0.1) is 6.92 Å². The van der Waals surface area contributed by atoms with Crippen LogP contribution in [0.4, 0.5) is 0 Å². The van der Waals surface area contributed by atoms with Gasteiger partial charge in [-0.15, -0.1) is 0 Å². The SMILES string of the molecule is Cc1nc2ccccc2c(=O)n1-c1ccc(C(=O)N2CCCC2c2nc3ccccc3[nH]2)cc1. The lowest BCUT2D eigenvalue weighted by Crippen LogP contribution is -2.31. The summed E-state index contributed by atoms with van der Waals surface area (Å²) in [5.74, 6) is 1.40. The molecule has 34 heavy (non-hydrogen) atoms. The standard InChI is InChI=1S/C27H23N5O2/c1-17-28-21-8-3-2-7-20(21)27(34)32(17)19-14-12-18(13-15-19)26(33)31-16-6-11-24(31)25-29-22-9-4-5-10-23(22)30-25/h2-5,7-10,12-15,24H,6,11,16H2,1H3,(H,29,30). The number of carbonyl (C=O) groups excluding carboxylic acids is 1. The summed E-state index contributed by atoms with van der Waals surface area (Å²) in [6.45, 7) is 2.50. The van der Waals surface area contributed by atoms with E-state index in [-0.39, 0.29) is 17.5 Å². The van der Waals surface area contributed by atoms with Gasteiger partial charge in [0.2, 0.25) is 0 Å². The number of amides is 1. The van der Waals surface area contributed by atoms with Crippen LogP contribution in [0.15, 0.2) is 77.6 Å². The van der Waals surface area contributed by atoms with Gasteiger partial charge in [-0.1, -0.05) is 24.3 Å². The van der Waals surface area contributed by atoms with Crippen molar-refractivity contribution >= 4 is 27.8 Å². The van der Waals surface area contributed by atoms with E-state index < -0.39 is 0 Å². The molecule has 0 bridgehead atoms. The van der Waals surface area contributed by atoms with E-state index in [1.54, 1.807) is 22.8 Å². The number of nitrogens with one attached hydrogen (secondary N) is 1. The Morgan fingerprint density at radius 3 is 2.47 bits per heavy atom. The van der Waals surface area contributed by atoms with Crippen molar-refractivity contribution in [2.24, 2.45) is 0 Å². The molecule has 7 heteroatoms. The highest BCUT2D eigenvalue weighted by atomic mass is 16.2. The number of H-pyrrole nitrogens is 1. The van der Waals surface area contributed by atoms with E-state index in [2.05, 4.69) is 9.97 Å². The first-order valence-corrected chi connectivity index (χ1v) is 11.4. The summed E-state index contributed by atoms with van der Waals surface area (Å²) < 4.78 is 1.59. The number of rotatable bonds is 3. The number of aromatic amines is 1. The quantitative estimate of drug-likeness (QED) is 0.438. The summed E-state index contributed by atoms with van der Waals surface area (Å²) in [7, 11) is 0. The number of carbonyl (C=O) groups is 1. The third kappa shape index (κ3) is 3.28. The Morgan fingerprint density at radius 2 is 1.68 bits per heavy atom. The number of para-hydroxylation sites is 3. The van der Waals surface area contributed by atoms with Crippen molar-refractivity contribution in [1.29, 1.82) is 0 Å². The van der Waals surface area contributed by atoms with Crippen LogP contribution in [0.25, 0.3) is 27.6 Å². The van der Waals surface area contributed by atoms with Gasteiger partial charge >= 0.3 is 0 Å². The maximum absolute atomic E-state index is 13.4. The Bertz CT molecular complexity index is 1570. The topological polar surface area (TPSA) is 83.9 Å². The molecule has 1 N–H and O–H groups in total. The minimum Gasteiger partial charge on any atom is -0.340 e. The molecule has 1 aliphatic rings. The predicted octanol–water partition coefficient (Wildman–Crippen LogP) is 4.55. The first-order chi connectivity index (χ1) is 16.6. The van der Waals surface area contributed by atoms with Gasteiger partial charge in [-0.05, 0) is 68.3 Å². The van der Waals surface area contributed by atoms with Gasteiger partial charge in [0, 0.05) is 12.1 Å². The minimum atomic E-state index is -0.119. The van der Waals surface area contributed by atoms with Crippen molar-refractivity contribution in [3.05, 3.63) is 100 Å². The second-order valence-electron chi connectivity index (χ2n) is 8.66. The third-order valence-electron chi connectivity index (χ3n) is 6.55. The number of hydrogen-bond acceptors (Lipinski definition) is 4. The van der Waals surface area contributed by atoms with Crippen LogP contribution in [0.3, 0.4) is 0 Å². The Hall–Kier alpha value is -4.26. The van der Waals surface area contributed by atoms with Crippen molar-refractivity contribution in [3.8, 4) is 5.69 Å². The number of aryl methyl sites for hydroxylation is 1. The first kappa shape index (κ1) is 20.4. The molecular formula is C27H23N5O2. The Kier molecular flexibility index (Phi) is 4.76. The van der Waals surface area contributed by atoms with Gasteiger partial charge in [-0.3, -0.25) is 14.2 Å². The molecule has 0 saturated carbocycles. The van der Waals surface area contributed by atoms with E-state index in [4.69, 9.17) is 4.98 Å². The summed E-state index contributed by atoms with van der Waals surface area (Å²) >= 11 is 0. The highest BCUT2D eigenvalue weighted by Crippen LogP contribution is 2.32. The fraction of sp³-hybridized carbons (Fsp3) is 0.185. The van der Waals surface area contributed by atoms with Gasteiger partial charge in [0.1, 0.15) is 11.6 Å². The monoisotopic (exact) mass is 449 g/mol. The maximum Gasteiger partial charge on any atom is 0.265 e. The van der Waals surface area contributed by atoms with Crippen molar-refractivity contribution in [2.45, 2.75) is 25.8 Å². The average Bonchev–Trinajstić information content (AvgIpc) is 3.51. The Morgan fingerprint density at radius 1 is 0.941 bits per heavy atom. The lowest BCUT2D eigenvalue weighted by Gasteiger charge is -2.23. The minimum absolute atomic E-state index is 0.0322. The molecule has 1 aliphatic heterocycles. The summed E-state index contributed by atoms with van der Waals surface area (Å²) in [4.78, 5) is 41.1. The number of hydrogen-bond donors (Lipinski definition) is 1. The van der Waals surface area contributed by atoms with Gasteiger partial charge in [-0.2, -0.15) is 0 Å². The molecule has 6 rings (SSSR count). The van der Waals surface area contributed by atoms with Gasteiger partial charge in [-0.25, -0.2) is 9.97 Å². The number of aromatic nitrogens is 4. The maximum atomic E-state index is 13.4. The summed E-state index contributed by atoms with van der Waals surface area (Å²) in [5.41, 5.74) is 3.72. The Balaban J connectivity index is 1.31. The number of benzene rings is 3. The smallest absolute Gasteiger partial charge is 0.265 e. The van der Waals surface area contributed by atoms with Crippen molar-refractivity contribution < 1.29 is 4.79 Å². The third-order valence-corrected chi connectivity index (χ3v) is 6.55. The predicted molar refractivity (Wildman–Crippen MR) is 131 cm³/mol. The first-order valence-electron chi connectivity index (χ1n) is 11.4. The van der Waals surface area contributed by atoms with Crippen LogP contribution in [0.5, 0.6) is 0 Å². The lowest BCUT2D eigenvalue weighted by molar-refractivity contribution is 0.0730. The average molecular weight is 450 g/mol. The molecule has 3 heterocycles. The number of nitrogens with zero attached hydrogens (tertiary/aromatic N) is 4. The van der Waals surface area contributed by atoms with E-state index in [1.165, 1.54) is 0 Å². The van der Waals surface area contributed by atoms with Crippen LogP contribution < -0.4 is 5.56 Å². The summed E-state index contributed by atoms with van der Waals surface area (Å²) in [5, 5.41) is 0.569. The molecule has 0 radical (unpaired) electrons. The van der Waals surface area contributed by atoms with Gasteiger partial charge in [0.05, 0.1) is 33.7 Å². The molecule has 5 aromatic rings. The molecule has 1 amide bonds. The Labute approximate surface area is 195 Å². The van der Waals surface area contributed by atoms with Crippen LogP contribution in [0.1, 0.15) is 40.9 Å². The van der Waals surface area contributed by atoms with Crippen LogP contribution in [-0.2, 0) is 0 Å². The zero-order valence-corrected chi connectivity index (χ0v) is 18.7. The molecule has 0 aliphatic carbocycles. The summed E-state index contributed by atoms with van der Waals surface area (Å²) in [6, 6.07) is 22.3. The van der Waals surface area contributed by atoms with E-state index in [0.717, 1.165) is 29.7 Å². The van der Waals surface area contributed by atoms with Crippen LogP contribution in [-0.4, -0.2) is 36.9 Å². The zero-order valence-electron chi connectivity index (χ0n) is 18.7. The fourth-order valence-electron chi connectivity index (χ4n) is 4.89. The molecule has 3 aromatic carbocycles. The molecule has 0 spiro atoms. The van der Waals surface area contributed by atoms with Crippen LogP contribution in [0.2, 0.25) is 0 Å². The van der Waals surface area contributed by atoms with Crippen molar-refractivity contribution in [1.82, 2.24) is 24.4 Å². The lowest BCUT2D eigenvalue weighted by atomic mass is 10.1.